The fourth-order valence-electron chi connectivity index (χ4n) is 5.75. The first-order chi connectivity index (χ1) is 21.6. The zero-order valence-electron chi connectivity index (χ0n) is 25.7. The van der Waals surface area contributed by atoms with Crippen molar-refractivity contribution in [3.63, 3.8) is 0 Å². The van der Waals surface area contributed by atoms with Crippen molar-refractivity contribution in [2.24, 2.45) is 22.2 Å². The molecule has 1 fully saturated rings. The maximum absolute atomic E-state index is 14.2. The number of halogens is 1. The number of amides is 3. The molecular formula is C33H43ClN8O3. The zero-order valence-corrected chi connectivity index (χ0v) is 26.5. The third kappa shape index (κ3) is 8.93. The molecule has 1 aliphatic rings. The van der Waals surface area contributed by atoms with Gasteiger partial charge in [0, 0.05) is 37.6 Å². The van der Waals surface area contributed by atoms with Crippen LogP contribution < -0.4 is 33.2 Å². The van der Waals surface area contributed by atoms with Crippen molar-refractivity contribution >= 4 is 46.1 Å². The molecule has 0 aromatic heterocycles. The first-order valence-corrected chi connectivity index (χ1v) is 15.6. The summed E-state index contributed by atoms with van der Waals surface area (Å²) in [6, 6.07) is 18.0. The van der Waals surface area contributed by atoms with Gasteiger partial charge in [0.25, 0.3) is 0 Å². The summed E-state index contributed by atoms with van der Waals surface area (Å²) in [7, 11) is 1.56. The highest BCUT2D eigenvalue weighted by Crippen LogP contribution is 2.22. The lowest BCUT2D eigenvalue weighted by Crippen LogP contribution is -2.58. The summed E-state index contributed by atoms with van der Waals surface area (Å²) >= 11 is 5.97. The lowest BCUT2D eigenvalue weighted by Gasteiger charge is -2.33. The topological polar surface area (TPSA) is 181 Å². The number of carbonyl (C=O) groups is 3. The summed E-state index contributed by atoms with van der Waals surface area (Å²) < 4.78 is 0. The summed E-state index contributed by atoms with van der Waals surface area (Å²) in [4.78, 5) is 46.5. The van der Waals surface area contributed by atoms with E-state index in [1.165, 1.54) is 0 Å². The Labute approximate surface area is 268 Å². The van der Waals surface area contributed by atoms with E-state index < -0.39 is 24.2 Å². The summed E-state index contributed by atoms with van der Waals surface area (Å²) in [6.07, 6.45) is 1.61. The van der Waals surface area contributed by atoms with Crippen LogP contribution in [0.2, 0.25) is 5.02 Å². The van der Waals surface area contributed by atoms with Gasteiger partial charge in [0.05, 0.1) is 12.1 Å². The summed E-state index contributed by atoms with van der Waals surface area (Å²) in [5.74, 6) is -1.00. The van der Waals surface area contributed by atoms with E-state index in [9.17, 15) is 14.4 Å². The molecule has 12 heteroatoms. The van der Waals surface area contributed by atoms with Gasteiger partial charge in [-0.2, -0.15) is 0 Å². The standard InChI is InChI=1S/C33H43ClN8O3/c1-3-27(41-33(36)37)29-32(45)42(28(31(44)38-2)18-21-8-11-22-6-4-5-7-23(22)16-21)15-14-25(40-29)19-39-30(43)26(35)17-20-9-12-24(34)13-10-20/h4-13,16,25-29,40H,3,14-15,17-19,35H2,1-2H3,(H,38,44)(H,39,43)(H4,36,37,41)/t25-,26-,27?,28+,29+/m1/s1. The van der Waals surface area contributed by atoms with Gasteiger partial charge in [-0.15, -0.1) is 0 Å². The molecule has 0 aliphatic carbocycles. The Kier molecular flexibility index (Phi) is 11.8. The van der Waals surface area contributed by atoms with Crippen molar-refractivity contribution < 1.29 is 14.4 Å². The fourth-order valence-corrected chi connectivity index (χ4v) is 5.88. The third-order valence-electron chi connectivity index (χ3n) is 8.20. The van der Waals surface area contributed by atoms with Crippen molar-refractivity contribution in [2.75, 3.05) is 20.1 Å². The molecule has 3 aromatic carbocycles. The summed E-state index contributed by atoms with van der Waals surface area (Å²) in [5, 5.41) is 11.8. The van der Waals surface area contributed by atoms with Crippen LogP contribution >= 0.6 is 11.6 Å². The Balaban J connectivity index is 1.55. The van der Waals surface area contributed by atoms with Crippen LogP contribution in [0.25, 0.3) is 10.8 Å². The van der Waals surface area contributed by atoms with Crippen molar-refractivity contribution in [2.45, 2.75) is 62.8 Å². The highest BCUT2D eigenvalue weighted by molar-refractivity contribution is 6.30. The zero-order chi connectivity index (χ0) is 32.5. The number of aliphatic imine (C=N–C) groups is 1. The summed E-state index contributed by atoms with van der Waals surface area (Å²) in [6.45, 7) is 2.39. The van der Waals surface area contributed by atoms with Gasteiger partial charge in [0.15, 0.2) is 5.96 Å². The van der Waals surface area contributed by atoms with Gasteiger partial charge in [-0.25, -0.2) is 4.99 Å². The molecule has 1 unspecified atom stereocenters. The molecule has 4 rings (SSSR count). The van der Waals surface area contributed by atoms with E-state index >= 15 is 0 Å². The number of benzene rings is 3. The van der Waals surface area contributed by atoms with E-state index in [-0.39, 0.29) is 42.8 Å². The number of nitrogens with two attached hydrogens (primary N) is 3. The SMILES string of the molecule is CCC(N=C(N)N)[C@@H]1N[C@@H](CNC(=O)[C@H](N)Cc2ccc(Cl)cc2)CCN([C@@H](Cc2ccc3ccccc3c2)C(=O)NC)C1=O. The number of nitrogens with zero attached hydrogens (tertiary/aromatic N) is 2. The van der Waals surface area contributed by atoms with Crippen LogP contribution in [-0.4, -0.2) is 78.9 Å². The van der Waals surface area contributed by atoms with E-state index in [0.29, 0.717) is 30.7 Å². The van der Waals surface area contributed by atoms with E-state index in [2.05, 4.69) is 20.9 Å². The van der Waals surface area contributed by atoms with Gasteiger partial charge in [0.1, 0.15) is 12.1 Å². The largest absolute Gasteiger partial charge is 0.370 e. The number of likely N-dealkylation sites (N-methyl/N-ethyl adjacent to an activating group) is 1. The average Bonchev–Trinajstić information content (AvgIpc) is 3.20. The molecule has 9 N–H and O–H groups in total. The average molecular weight is 635 g/mol. The quantitative estimate of drug-likeness (QED) is 0.129. The minimum Gasteiger partial charge on any atom is -0.370 e. The van der Waals surface area contributed by atoms with Gasteiger partial charge in [0.2, 0.25) is 17.7 Å². The Bertz CT molecular complexity index is 1510. The van der Waals surface area contributed by atoms with Crippen LogP contribution in [0.5, 0.6) is 0 Å². The van der Waals surface area contributed by atoms with Crippen molar-refractivity contribution in [3.8, 4) is 0 Å². The van der Waals surface area contributed by atoms with Crippen molar-refractivity contribution in [1.29, 1.82) is 0 Å². The van der Waals surface area contributed by atoms with E-state index in [0.717, 1.165) is 21.9 Å². The number of guanidine groups is 1. The van der Waals surface area contributed by atoms with Gasteiger partial charge in [-0.1, -0.05) is 73.1 Å². The maximum Gasteiger partial charge on any atom is 0.242 e. The van der Waals surface area contributed by atoms with E-state index in [4.69, 9.17) is 28.8 Å². The first-order valence-electron chi connectivity index (χ1n) is 15.2. The molecule has 45 heavy (non-hydrogen) atoms. The molecular weight excluding hydrogens is 592 g/mol. The molecule has 0 saturated carbocycles. The molecule has 0 bridgehead atoms. The lowest BCUT2D eigenvalue weighted by molar-refractivity contribution is -0.141. The molecule has 5 atom stereocenters. The number of hydrogen-bond acceptors (Lipinski definition) is 6. The second-order valence-corrected chi connectivity index (χ2v) is 11.8. The molecule has 1 aliphatic heterocycles. The maximum atomic E-state index is 14.2. The van der Waals surface area contributed by atoms with Crippen LogP contribution in [-0.2, 0) is 27.2 Å². The molecule has 0 radical (unpaired) electrons. The highest BCUT2D eigenvalue weighted by atomic mass is 35.5. The minimum atomic E-state index is -0.826. The Morgan fingerprint density at radius 1 is 1.02 bits per heavy atom. The molecule has 11 nitrogen and oxygen atoms in total. The predicted molar refractivity (Wildman–Crippen MR) is 179 cm³/mol. The van der Waals surface area contributed by atoms with Crippen LogP contribution in [0.4, 0.5) is 0 Å². The molecule has 3 aromatic rings. The fraction of sp³-hybridized carbons (Fsp3) is 0.394. The van der Waals surface area contributed by atoms with E-state index in [1.54, 1.807) is 24.1 Å². The van der Waals surface area contributed by atoms with Crippen molar-refractivity contribution in [1.82, 2.24) is 20.9 Å². The number of nitrogens with one attached hydrogen (secondary N) is 3. The second-order valence-electron chi connectivity index (χ2n) is 11.4. The molecule has 0 spiro atoms. The van der Waals surface area contributed by atoms with Crippen molar-refractivity contribution in [3.05, 3.63) is 82.9 Å². The van der Waals surface area contributed by atoms with Crippen LogP contribution in [0.15, 0.2) is 71.7 Å². The third-order valence-corrected chi connectivity index (χ3v) is 8.45. The minimum absolute atomic E-state index is 0.135. The lowest BCUT2D eigenvalue weighted by atomic mass is 9.98. The Morgan fingerprint density at radius 2 is 1.71 bits per heavy atom. The molecule has 1 saturated heterocycles. The number of rotatable bonds is 12. The van der Waals surface area contributed by atoms with Gasteiger partial charge in [-0.3, -0.25) is 19.7 Å². The predicted octanol–water partition coefficient (Wildman–Crippen LogP) is 1.45. The first kappa shape index (κ1) is 33.7. The Hall–Kier alpha value is -4.19. The van der Waals surface area contributed by atoms with Gasteiger partial charge in [-0.05, 0) is 53.3 Å². The second kappa shape index (κ2) is 15.7. The normalized spacial score (nSPS) is 18.8. The number of hydrogen-bond donors (Lipinski definition) is 6. The molecule has 240 valence electrons. The van der Waals surface area contributed by atoms with Gasteiger partial charge >= 0.3 is 0 Å². The van der Waals surface area contributed by atoms with Gasteiger partial charge < -0.3 is 32.7 Å². The van der Waals surface area contributed by atoms with Crippen LogP contribution in [0, 0.1) is 0 Å². The van der Waals surface area contributed by atoms with E-state index in [1.807, 2.05) is 61.5 Å². The van der Waals surface area contributed by atoms with Crippen LogP contribution in [0.1, 0.15) is 30.9 Å². The smallest absolute Gasteiger partial charge is 0.242 e. The number of fused-ring (bicyclic) bond motifs is 1. The Morgan fingerprint density at radius 3 is 2.38 bits per heavy atom. The molecule has 3 amide bonds. The molecule has 1 heterocycles. The number of carbonyl (C=O) groups excluding carboxylic acids is 3. The summed E-state index contributed by atoms with van der Waals surface area (Å²) in [5.41, 5.74) is 19.5. The monoisotopic (exact) mass is 634 g/mol. The van der Waals surface area contributed by atoms with Crippen LogP contribution in [0.3, 0.4) is 0 Å². The highest BCUT2D eigenvalue weighted by Gasteiger charge is 2.40.